The van der Waals surface area contributed by atoms with E-state index in [9.17, 15) is 13.2 Å². The first kappa shape index (κ1) is 22.7. The van der Waals surface area contributed by atoms with Gasteiger partial charge in [-0.3, -0.25) is 4.79 Å². The Balaban J connectivity index is 1.46. The number of sulfonamides is 1. The van der Waals surface area contributed by atoms with Gasteiger partial charge in [0.05, 0.1) is 6.42 Å². The minimum Gasteiger partial charge on any atom is -0.338 e. The summed E-state index contributed by atoms with van der Waals surface area (Å²) in [6, 6.07) is 23.5. The zero-order valence-electron chi connectivity index (χ0n) is 18.0. The van der Waals surface area contributed by atoms with Crippen molar-refractivity contribution < 1.29 is 13.2 Å². The molecule has 2 heterocycles. The van der Waals surface area contributed by atoms with E-state index in [0.29, 0.717) is 30.4 Å². The van der Waals surface area contributed by atoms with Crippen molar-refractivity contribution in [2.45, 2.75) is 36.4 Å². The number of carbonyl (C=O) groups excluding carboxylic acids is 1. The SMILES string of the molecule is O=C(Cc1ccc(S(=O)(=O)N2CCCC2)s1)N(CCc1ccccc1)Cc1ccccc1. The van der Waals surface area contributed by atoms with Gasteiger partial charge in [0.25, 0.3) is 10.0 Å². The highest BCUT2D eigenvalue weighted by molar-refractivity contribution is 7.91. The van der Waals surface area contributed by atoms with Crippen LogP contribution in [0.4, 0.5) is 0 Å². The van der Waals surface area contributed by atoms with Crippen molar-refractivity contribution in [2.24, 2.45) is 0 Å². The molecule has 7 heteroatoms. The smallest absolute Gasteiger partial charge is 0.252 e. The molecule has 2 aromatic carbocycles. The third-order valence-corrected chi connectivity index (χ3v) is 9.16. The molecule has 1 amide bonds. The Morgan fingerprint density at radius 1 is 0.875 bits per heavy atom. The lowest BCUT2D eigenvalue weighted by molar-refractivity contribution is -0.131. The number of thiophene rings is 1. The van der Waals surface area contributed by atoms with Crippen LogP contribution in [0.5, 0.6) is 0 Å². The van der Waals surface area contributed by atoms with Gasteiger partial charge in [-0.05, 0) is 42.5 Å². The molecule has 0 unspecified atom stereocenters. The molecule has 168 valence electrons. The number of benzene rings is 2. The molecule has 0 spiro atoms. The molecule has 1 aromatic heterocycles. The van der Waals surface area contributed by atoms with Crippen LogP contribution >= 0.6 is 11.3 Å². The zero-order valence-corrected chi connectivity index (χ0v) is 19.7. The molecule has 1 aliphatic heterocycles. The van der Waals surface area contributed by atoms with E-state index in [-0.39, 0.29) is 12.3 Å². The Morgan fingerprint density at radius 3 is 2.16 bits per heavy atom. The Bertz CT molecular complexity index is 1120. The lowest BCUT2D eigenvalue weighted by Gasteiger charge is -2.23. The van der Waals surface area contributed by atoms with Crippen molar-refractivity contribution in [3.63, 3.8) is 0 Å². The minimum atomic E-state index is -3.44. The number of amides is 1. The van der Waals surface area contributed by atoms with Gasteiger partial charge >= 0.3 is 0 Å². The lowest BCUT2D eigenvalue weighted by Crippen LogP contribution is -2.33. The van der Waals surface area contributed by atoms with E-state index >= 15 is 0 Å². The maximum absolute atomic E-state index is 13.2. The van der Waals surface area contributed by atoms with E-state index in [4.69, 9.17) is 0 Å². The molecule has 1 aliphatic rings. The Kier molecular flexibility index (Phi) is 7.40. The van der Waals surface area contributed by atoms with Crippen LogP contribution in [0.15, 0.2) is 77.0 Å². The van der Waals surface area contributed by atoms with Crippen LogP contribution in [-0.2, 0) is 34.2 Å². The average molecular weight is 469 g/mol. The largest absolute Gasteiger partial charge is 0.338 e. The number of rotatable bonds is 9. The molecular formula is C25H28N2O3S2. The average Bonchev–Trinajstić information content (AvgIpc) is 3.51. The molecule has 0 bridgehead atoms. The van der Waals surface area contributed by atoms with E-state index in [1.54, 1.807) is 16.4 Å². The summed E-state index contributed by atoms with van der Waals surface area (Å²) in [5, 5.41) is 0. The summed E-state index contributed by atoms with van der Waals surface area (Å²) in [6.45, 7) is 2.32. The highest BCUT2D eigenvalue weighted by Gasteiger charge is 2.29. The van der Waals surface area contributed by atoms with Crippen molar-refractivity contribution in [3.05, 3.63) is 88.8 Å². The molecule has 3 aromatic rings. The molecule has 5 nitrogen and oxygen atoms in total. The first-order valence-corrected chi connectivity index (χ1v) is 13.2. The van der Waals surface area contributed by atoms with Gasteiger partial charge < -0.3 is 4.90 Å². The molecule has 4 rings (SSSR count). The van der Waals surface area contributed by atoms with Gasteiger partial charge in [-0.15, -0.1) is 11.3 Å². The number of nitrogens with zero attached hydrogens (tertiary/aromatic N) is 2. The van der Waals surface area contributed by atoms with Gasteiger partial charge in [-0.2, -0.15) is 4.31 Å². The van der Waals surface area contributed by atoms with E-state index in [1.165, 1.54) is 16.9 Å². The number of carbonyl (C=O) groups is 1. The maximum Gasteiger partial charge on any atom is 0.252 e. The Labute approximate surface area is 194 Å². The van der Waals surface area contributed by atoms with Gasteiger partial charge in [-0.25, -0.2) is 8.42 Å². The van der Waals surface area contributed by atoms with Crippen molar-refractivity contribution in [3.8, 4) is 0 Å². The second-order valence-corrected chi connectivity index (χ2v) is 11.4. The first-order chi connectivity index (χ1) is 15.5. The predicted octanol–water partition coefficient (Wildman–Crippen LogP) is 4.35. The minimum absolute atomic E-state index is 0.0109. The highest BCUT2D eigenvalue weighted by Crippen LogP contribution is 2.28. The third-order valence-electron chi connectivity index (χ3n) is 5.70. The summed E-state index contributed by atoms with van der Waals surface area (Å²) in [5.74, 6) is 0.0109. The van der Waals surface area contributed by atoms with Crippen molar-refractivity contribution in [2.75, 3.05) is 19.6 Å². The van der Waals surface area contributed by atoms with Crippen LogP contribution in [-0.4, -0.2) is 43.2 Å². The fourth-order valence-electron chi connectivity index (χ4n) is 3.91. The number of hydrogen-bond acceptors (Lipinski definition) is 4. The van der Waals surface area contributed by atoms with Gasteiger partial charge in [0.1, 0.15) is 4.21 Å². The molecule has 32 heavy (non-hydrogen) atoms. The number of hydrogen-bond donors (Lipinski definition) is 0. The van der Waals surface area contributed by atoms with Gasteiger partial charge in [-0.1, -0.05) is 60.7 Å². The fourth-order valence-corrected chi connectivity index (χ4v) is 6.93. The molecular weight excluding hydrogens is 440 g/mol. The second kappa shape index (κ2) is 10.4. The molecule has 1 fully saturated rings. The van der Waals surface area contributed by atoms with Gasteiger partial charge in [0.15, 0.2) is 0 Å². The van der Waals surface area contributed by atoms with Crippen LogP contribution in [0.2, 0.25) is 0 Å². The van der Waals surface area contributed by atoms with Crippen LogP contribution in [0.25, 0.3) is 0 Å². The molecule has 0 atom stereocenters. The fraction of sp³-hybridized carbons (Fsp3) is 0.320. The van der Waals surface area contributed by atoms with Crippen molar-refractivity contribution in [1.82, 2.24) is 9.21 Å². The molecule has 0 radical (unpaired) electrons. The van der Waals surface area contributed by atoms with Crippen LogP contribution in [0, 0.1) is 0 Å². The lowest BCUT2D eigenvalue weighted by atomic mass is 10.1. The summed E-state index contributed by atoms with van der Waals surface area (Å²) in [4.78, 5) is 15.9. The summed E-state index contributed by atoms with van der Waals surface area (Å²) in [5.41, 5.74) is 2.27. The summed E-state index contributed by atoms with van der Waals surface area (Å²) in [6.07, 6.45) is 2.80. The Morgan fingerprint density at radius 2 is 1.50 bits per heavy atom. The maximum atomic E-state index is 13.2. The monoisotopic (exact) mass is 468 g/mol. The van der Waals surface area contributed by atoms with Gasteiger partial charge in [0.2, 0.25) is 5.91 Å². The standard InChI is InChI=1S/C25H28N2O3S2/c28-24(19-23-13-14-25(31-23)32(29,30)27-16-7-8-17-27)26(20-22-11-5-2-6-12-22)18-15-21-9-3-1-4-10-21/h1-6,9-14H,7-8,15-20H2. The molecule has 1 saturated heterocycles. The molecule has 0 saturated carbocycles. The molecule has 0 N–H and O–H groups in total. The van der Waals surface area contributed by atoms with Gasteiger partial charge in [0, 0.05) is 31.1 Å². The summed E-state index contributed by atoms with van der Waals surface area (Å²) in [7, 11) is -3.44. The van der Waals surface area contributed by atoms with Crippen LogP contribution in [0.3, 0.4) is 0 Å². The normalized spacial score (nSPS) is 14.5. The van der Waals surface area contributed by atoms with E-state index in [0.717, 1.165) is 29.7 Å². The second-order valence-electron chi connectivity index (χ2n) is 8.05. The van der Waals surface area contributed by atoms with Crippen LogP contribution < -0.4 is 0 Å². The summed E-state index contributed by atoms with van der Waals surface area (Å²) >= 11 is 1.22. The predicted molar refractivity (Wildman–Crippen MR) is 128 cm³/mol. The first-order valence-electron chi connectivity index (χ1n) is 11.0. The van der Waals surface area contributed by atoms with E-state index in [1.807, 2.05) is 53.4 Å². The summed E-state index contributed by atoms with van der Waals surface area (Å²) < 4.78 is 27.5. The molecule has 0 aliphatic carbocycles. The van der Waals surface area contributed by atoms with E-state index in [2.05, 4.69) is 12.1 Å². The van der Waals surface area contributed by atoms with E-state index < -0.39 is 10.0 Å². The highest BCUT2D eigenvalue weighted by atomic mass is 32.2. The third kappa shape index (κ3) is 5.65. The topological polar surface area (TPSA) is 57.7 Å². The zero-order chi connectivity index (χ0) is 22.4. The van der Waals surface area contributed by atoms with Crippen LogP contribution in [0.1, 0.15) is 28.8 Å². The van der Waals surface area contributed by atoms with Crippen molar-refractivity contribution in [1.29, 1.82) is 0 Å². The van der Waals surface area contributed by atoms with Crippen molar-refractivity contribution >= 4 is 27.3 Å². The Hall–Kier alpha value is -2.48. The quantitative estimate of drug-likeness (QED) is 0.469.